The number of aromatic hydroxyl groups is 1. The minimum absolute atomic E-state index is 0.0251. The molecule has 0 aliphatic carbocycles. The third-order valence-electron chi connectivity index (χ3n) is 10.6. The van der Waals surface area contributed by atoms with Gasteiger partial charge in [0.25, 0.3) is 0 Å². The van der Waals surface area contributed by atoms with Gasteiger partial charge in [-0.1, -0.05) is 32.9 Å². The summed E-state index contributed by atoms with van der Waals surface area (Å²) in [5, 5.41) is 57.1. The van der Waals surface area contributed by atoms with Crippen LogP contribution in [0.25, 0.3) is 0 Å². The number of phenolic OH excluding ortho intramolecular Hbond substituents is 1. The maximum atomic E-state index is 14.2. The number of rotatable bonds is 34. The van der Waals surface area contributed by atoms with Gasteiger partial charge in [-0.2, -0.15) is 11.8 Å². The number of aliphatic carboxylic acids is 1. The molecule has 0 fully saturated rings. The summed E-state index contributed by atoms with van der Waals surface area (Å²) in [5.41, 5.74) is 17.4. The van der Waals surface area contributed by atoms with E-state index < -0.39 is 121 Å². The number of aliphatic hydroxyl groups excluding tert-OH is 2. The van der Waals surface area contributed by atoms with Crippen molar-refractivity contribution in [2.24, 2.45) is 29.0 Å². The highest BCUT2D eigenvalue weighted by molar-refractivity contribution is 7.98. The predicted octanol–water partition coefficient (Wildman–Crippen LogP) is -2.65. The van der Waals surface area contributed by atoms with Crippen molar-refractivity contribution in [1.29, 1.82) is 0 Å². The monoisotopic (exact) mass is 983 g/mol. The Morgan fingerprint density at radius 1 is 0.603 bits per heavy atom. The number of amides is 8. The van der Waals surface area contributed by atoms with Gasteiger partial charge in [-0.05, 0) is 107 Å². The van der Waals surface area contributed by atoms with Gasteiger partial charge in [0.05, 0.1) is 25.0 Å². The Hall–Kier alpha value is -5.56. The van der Waals surface area contributed by atoms with Crippen molar-refractivity contribution >= 4 is 65.0 Å². The fourth-order valence-electron chi connectivity index (χ4n) is 6.61. The topological polar surface area (TPSA) is 397 Å². The highest BCUT2D eigenvalue weighted by Crippen LogP contribution is 2.14. The number of aliphatic hydroxyl groups is 2. The quantitative estimate of drug-likeness (QED) is 0.0314. The normalized spacial score (nSPS) is 15.1. The van der Waals surface area contributed by atoms with Crippen LogP contribution in [0, 0.1) is 11.8 Å². The second kappa shape index (κ2) is 32.2. The van der Waals surface area contributed by atoms with E-state index >= 15 is 0 Å². The molecular formula is C44H74N10O13S. The van der Waals surface area contributed by atoms with E-state index in [1.165, 1.54) is 43.0 Å². The van der Waals surface area contributed by atoms with E-state index in [4.69, 9.17) is 17.2 Å². The molecule has 384 valence electrons. The van der Waals surface area contributed by atoms with Crippen LogP contribution in [0.2, 0.25) is 0 Å². The number of thioether (sulfide) groups is 1. The van der Waals surface area contributed by atoms with Gasteiger partial charge in [-0.25, -0.2) is 0 Å². The van der Waals surface area contributed by atoms with Gasteiger partial charge in [-0.3, -0.25) is 43.2 Å². The SMILES string of the molecule is CSCC[C@H](NC(=O)[C@@H](C)CO)C(=O)N[C@H](C(=O)N[C@@H](CC(=O)O)C(=O)N[C@@H](CCCCN)C(=O)N[C@@H](Cc1ccc(O)cc1)C(=O)N[C@@H](CCCCN)C(=O)N[C@@H](CC(C)C)C(N)=O)[C@@H](C)O. The molecule has 8 amide bonds. The predicted molar refractivity (Wildman–Crippen MR) is 253 cm³/mol. The molecule has 17 N–H and O–H groups in total. The van der Waals surface area contributed by atoms with Gasteiger partial charge in [-0.15, -0.1) is 0 Å². The third-order valence-corrected chi connectivity index (χ3v) is 11.2. The van der Waals surface area contributed by atoms with Crippen molar-refractivity contribution in [2.45, 2.75) is 140 Å². The molecule has 1 rings (SSSR count). The lowest BCUT2D eigenvalue weighted by atomic mass is 10.0. The zero-order valence-electron chi connectivity index (χ0n) is 39.6. The first-order valence-electron chi connectivity index (χ1n) is 22.7. The summed E-state index contributed by atoms with van der Waals surface area (Å²) in [6.45, 7) is 6.23. The van der Waals surface area contributed by atoms with E-state index in [-0.39, 0.29) is 63.3 Å². The summed E-state index contributed by atoms with van der Waals surface area (Å²) >= 11 is 1.36. The summed E-state index contributed by atoms with van der Waals surface area (Å²) < 4.78 is 0. The molecule has 1 aromatic rings. The van der Waals surface area contributed by atoms with Crippen LogP contribution < -0.4 is 54.4 Å². The lowest BCUT2D eigenvalue weighted by Crippen LogP contribution is -2.61. The standard InChI is InChI=1S/C44H74N10O13S/c1-24(2)20-32(37(47)60)51-39(62)29(10-6-8-17-45)49-42(65)33(21-27-12-14-28(57)15-13-27)52-40(63)30(11-7-9-18-46)50-43(66)34(22-35(58)59)53-44(67)36(26(4)56)54-41(64)31(16-19-68-5)48-38(61)25(3)23-55/h12-15,24-26,29-34,36,55-57H,6-11,16-23,45-46H2,1-5H3,(H2,47,60)(H,48,61)(H,49,65)(H,50,66)(H,51,62)(H,52,63)(H,53,67)(H,54,64)(H,58,59)/t25-,26+,29-,30-,31-,32-,33-,34-,36-/m0/s1. The van der Waals surface area contributed by atoms with E-state index in [0.717, 1.165) is 6.92 Å². The Morgan fingerprint density at radius 3 is 1.50 bits per heavy atom. The van der Waals surface area contributed by atoms with Gasteiger partial charge in [0.2, 0.25) is 47.3 Å². The van der Waals surface area contributed by atoms with Gasteiger partial charge >= 0.3 is 5.97 Å². The Balaban J connectivity index is 3.55. The second-order valence-corrected chi connectivity index (χ2v) is 18.0. The summed E-state index contributed by atoms with van der Waals surface area (Å²) in [6, 6.07) is -4.31. The number of carbonyl (C=O) groups is 9. The molecule has 0 heterocycles. The van der Waals surface area contributed by atoms with Crippen LogP contribution in [0.5, 0.6) is 5.75 Å². The van der Waals surface area contributed by atoms with E-state index in [0.29, 0.717) is 30.6 Å². The van der Waals surface area contributed by atoms with Gasteiger partial charge in [0.1, 0.15) is 48.0 Å². The van der Waals surface area contributed by atoms with Crippen LogP contribution >= 0.6 is 11.8 Å². The number of benzene rings is 1. The molecule has 0 spiro atoms. The number of hydrogen-bond acceptors (Lipinski definition) is 15. The molecule has 1 aromatic carbocycles. The fraction of sp³-hybridized carbons (Fsp3) is 0.659. The Bertz CT molecular complexity index is 1810. The molecule has 24 heteroatoms. The molecule has 0 aromatic heterocycles. The minimum Gasteiger partial charge on any atom is -0.508 e. The number of nitrogens with two attached hydrogens (primary N) is 3. The number of carboxylic acids is 1. The van der Waals surface area contributed by atoms with E-state index in [2.05, 4.69) is 37.2 Å². The lowest BCUT2D eigenvalue weighted by molar-refractivity contribution is -0.142. The Kier molecular flexibility index (Phi) is 28.7. The van der Waals surface area contributed by atoms with Crippen molar-refractivity contribution in [3.8, 4) is 5.75 Å². The van der Waals surface area contributed by atoms with Crippen LogP contribution in [0.1, 0.15) is 91.0 Å². The third kappa shape index (κ3) is 23.0. The minimum atomic E-state index is -1.89. The second-order valence-electron chi connectivity index (χ2n) is 17.0. The lowest BCUT2D eigenvalue weighted by Gasteiger charge is -2.28. The van der Waals surface area contributed by atoms with Crippen LogP contribution in [0.3, 0.4) is 0 Å². The summed E-state index contributed by atoms with van der Waals surface area (Å²) in [4.78, 5) is 120. The van der Waals surface area contributed by atoms with Crippen molar-refractivity contribution in [3.05, 3.63) is 29.8 Å². The van der Waals surface area contributed by atoms with Crippen LogP contribution in [-0.2, 0) is 49.6 Å². The molecule has 0 radical (unpaired) electrons. The average molecular weight is 983 g/mol. The molecule has 0 aliphatic heterocycles. The van der Waals surface area contributed by atoms with Gasteiger partial charge in [0.15, 0.2) is 0 Å². The van der Waals surface area contributed by atoms with Crippen molar-refractivity contribution in [1.82, 2.24) is 37.2 Å². The molecule has 68 heavy (non-hydrogen) atoms. The van der Waals surface area contributed by atoms with Crippen molar-refractivity contribution < 1.29 is 63.6 Å². The molecule has 9 atom stereocenters. The van der Waals surface area contributed by atoms with Crippen LogP contribution in [0.15, 0.2) is 24.3 Å². The van der Waals surface area contributed by atoms with Crippen molar-refractivity contribution in [3.63, 3.8) is 0 Å². The first-order valence-corrected chi connectivity index (χ1v) is 24.1. The summed E-state index contributed by atoms with van der Waals surface area (Å²) in [7, 11) is 0. The maximum absolute atomic E-state index is 14.2. The summed E-state index contributed by atoms with van der Waals surface area (Å²) in [5.74, 6) is -9.25. The Labute approximate surface area is 401 Å². The number of carbonyl (C=O) groups excluding carboxylic acids is 8. The molecule has 0 aliphatic rings. The van der Waals surface area contributed by atoms with E-state index in [1.807, 2.05) is 13.8 Å². The Morgan fingerprint density at radius 2 is 1.04 bits per heavy atom. The number of unbranched alkanes of at least 4 members (excludes halogenated alkanes) is 2. The zero-order chi connectivity index (χ0) is 51.5. The number of carboxylic acid groups (broad SMARTS) is 1. The molecule has 23 nitrogen and oxygen atoms in total. The smallest absolute Gasteiger partial charge is 0.305 e. The molecule has 0 saturated carbocycles. The van der Waals surface area contributed by atoms with Gasteiger partial charge < -0.3 is 74.8 Å². The van der Waals surface area contributed by atoms with Crippen molar-refractivity contribution in [2.75, 3.05) is 31.7 Å². The highest BCUT2D eigenvalue weighted by Gasteiger charge is 2.36. The number of phenols is 1. The van der Waals surface area contributed by atoms with E-state index in [9.17, 15) is 63.6 Å². The summed E-state index contributed by atoms with van der Waals surface area (Å²) in [6.07, 6.45) is 0.778. The molecular weight excluding hydrogens is 909 g/mol. The maximum Gasteiger partial charge on any atom is 0.305 e. The molecule has 0 unspecified atom stereocenters. The molecule has 0 saturated heterocycles. The number of primary amides is 1. The van der Waals surface area contributed by atoms with Crippen LogP contribution in [-0.4, -0.2) is 154 Å². The van der Waals surface area contributed by atoms with Crippen LogP contribution in [0.4, 0.5) is 0 Å². The fourth-order valence-corrected chi connectivity index (χ4v) is 7.08. The molecule has 0 bridgehead atoms. The first-order chi connectivity index (χ1) is 32.1. The zero-order valence-corrected chi connectivity index (χ0v) is 40.4. The largest absolute Gasteiger partial charge is 0.508 e. The van der Waals surface area contributed by atoms with Gasteiger partial charge in [0, 0.05) is 6.42 Å². The van der Waals surface area contributed by atoms with E-state index in [1.54, 1.807) is 6.26 Å². The average Bonchev–Trinajstić information content (AvgIpc) is 3.27. The first kappa shape index (κ1) is 60.5. The number of nitrogens with one attached hydrogen (secondary N) is 7. The highest BCUT2D eigenvalue weighted by atomic mass is 32.2. The number of hydrogen-bond donors (Lipinski definition) is 14.